The first-order chi connectivity index (χ1) is 4.36. The zero-order valence-corrected chi connectivity index (χ0v) is 5.88. The molecular formula is C6H8N2S. The van der Waals surface area contributed by atoms with Gasteiger partial charge in [-0.15, -0.1) is 0 Å². The predicted octanol–water partition coefficient (Wildman–Crippen LogP) is 1.41. The second kappa shape index (κ2) is 2.73. The first kappa shape index (κ1) is 6.42. The lowest BCUT2D eigenvalue weighted by atomic mass is 10.4. The van der Waals surface area contributed by atoms with Crippen LogP contribution in [0.4, 0.5) is 0 Å². The van der Waals surface area contributed by atoms with E-state index in [0.29, 0.717) is 0 Å². The number of nitrogens with zero attached hydrogens (tertiary/aromatic N) is 2. The SMILES string of the molecule is C=Cn1cc(CS)cn1. The van der Waals surface area contributed by atoms with Crippen LogP contribution in [-0.2, 0) is 5.75 Å². The summed E-state index contributed by atoms with van der Waals surface area (Å²) in [6.45, 7) is 3.55. The Labute approximate surface area is 59.6 Å². The van der Waals surface area contributed by atoms with E-state index in [1.807, 2.05) is 6.20 Å². The fraction of sp³-hybridized carbons (Fsp3) is 0.167. The van der Waals surface area contributed by atoms with Gasteiger partial charge in [-0.2, -0.15) is 17.7 Å². The summed E-state index contributed by atoms with van der Waals surface area (Å²) in [7, 11) is 0. The number of hydrogen-bond donors (Lipinski definition) is 1. The van der Waals surface area contributed by atoms with E-state index in [0.717, 1.165) is 11.3 Å². The minimum absolute atomic E-state index is 0.730. The Balaban J connectivity index is 2.86. The lowest BCUT2D eigenvalue weighted by Crippen LogP contribution is -1.81. The average molecular weight is 140 g/mol. The molecule has 0 saturated heterocycles. The third-order valence-electron chi connectivity index (χ3n) is 1.02. The van der Waals surface area contributed by atoms with Crippen LogP contribution in [0.2, 0.25) is 0 Å². The Morgan fingerprint density at radius 3 is 3.00 bits per heavy atom. The van der Waals surface area contributed by atoms with Crippen molar-refractivity contribution in [1.29, 1.82) is 0 Å². The van der Waals surface area contributed by atoms with Crippen molar-refractivity contribution in [3.05, 3.63) is 24.5 Å². The highest BCUT2D eigenvalue weighted by Crippen LogP contribution is 2.00. The van der Waals surface area contributed by atoms with Crippen molar-refractivity contribution in [2.75, 3.05) is 0 Å². The Hall–Kier alpha value is -0.700. The van der Waals surface area contributed by atoms with Gasteiger partial charge in [0.05, 0.1) is 6.20 Å². The van der Waals surface area contributed by atoms with Crippen molar-refractivity contribution in [2.24, 2.45) is 0 Å². The van der Waals surface area contributed by atoms with Crippen molar-refractivity contribution in [2.45, 2.75) is 5.75 Å². The van der Waals surface area contributed by atoms with Crippen LogP contribution in [0.25, 0.3) is 6.20 Å². The lowest BCUT2D eigenvalue weighted by Gasteiger charge is -1.83. The van der Waals surface area contributed by atoms with Crippen LogP contribution in [0.3, 0.4) is 0 Å². The summed E-state index contributed by atoms with van der Waals surface area (Å²) in [5.74, 6) is 0.730. The Morgan fingerprint density at radius 2 is 2.67 bits per heavy atom. The van der Waals surface area contributed by atoms with Crippen molar-refractivity contribution in [3.63, 3.8) is 0 Å². The van der Waals surface area contributed by atoms with Gasteiger partial charge in [0, 0.05) is 23.7 Å². The largest absolute Gasteiger partial charge is 0.249 e. The highest BCUT2D eigenvalue weighted by atomic mass is 32.1. The van der Waals surface area contributed by atoms with Gasteiger partial charge in [-0.1, -0.05) is 6.58 Å². The van der Waals surface area contributed by atoms with E-state index in [1.54, 1.807) is 17.1 Å². The zero-order chi connectivity index (χ0) is 6.69. The van der Waals surface area contributed by atoms with Crippen LogP contribution in [0.5, 0.6) is 0 Å². The molecule has 0 aromatic carbocycles. The summed E-state index contributed by atoms with van der Waals surface area (Å²) in [6.07, 6.45) is 5.31. The van der Waals surface area contributed by atoms with Crippen molar-refractivity contribution in [3.8, 4) is 0 Å². The lowest BCUT2D eigenvalue weighted by molar-refractivity contribution is 0.936. The van der Waals surface area contributed by atoms with Gasteiger partial charge in [-0.25, -0.2) is 4.68 Å². The van der Waals surface area contributed by atoms with E-state index in [2.05, 4.69) is 24.3 Å². The molecule has 0 spiro atoms. The van der Waals surface area contributed by atoms with E-state index in [-0.39, 0.29) is 0 Å². The summed E-state index contributed by atoms with van der Waals surface area (Å²) in [4.78, 5) is 0. The monoisotopic (exact) mass is 140 g/mol. The maximum atomic E-state index is 4.07. The van der Waals surface area contributed by atoms with E-state index < -0.39 is 0 Å². The molecule has 0 radical (unpaired) electrons. The summed E-state index contributed by atoms with van der Waals surface area (Å²) in [6, 6.07) is 0. The van der Waals surface area contributed by atoms with Crippen LogP contribution in [0.1, 0.15) is 5.56 Å². The molecule has 0 saturated carbocycles. The van der Waals surface area contributed by atoms with Crippen LogP contribution in [-0.4, -0.2) is 9.78 Å². The fourth-order valence-electron chi connectivity index (χ4n) is 0.559. The molecule has 1 aromatic rings. The summed E-state index contributed by atoms with van der Waals surface area (Å²) in [5, 5.41) is 3.96. The molecule has 0 amide bonds. The minimum Gasteiger partial charge on any atom is -0.249 e. The maximum Gasteiger partial charge on any atom is 0.0534 e. The first-order valence-electron chi connectivity index (χ1n) is 2.63. The number of thiol groups is 1. The number of hydrogen-bond acceptors (Lipinski definition) is 2. The van der Waals surface area contributed by atoms with Gasteiger partial charge in [0.25, 0.3) is 0 Å². The predicted molar refractivity (Wildman–Crippen MR) is 41.3 cm³/mol. The molecular weight excluding hydrogens is 132 g/mol. The number of aromatic nitrogens is 2. The average Bonchev–Trinajstić information content (AvgIpc) is 2.34. The van der Waals surface area contributed by atoms with Gasteiger partial charge >= 0.3 is 0 Å². The van der Waals surface area contributed by atoms with Crippen LogP contribution in [0, 0.1) is 0 Å². The van der Waals surface area contributed by atoms with Crippen LogP contribution < -0.4 is 0 Å². The van der Waals surface area contributed by atoms with Crippen molar-refractivity contribution in [1.82, 2.24) is 9.78 Å². The standard InChI is InChI=1S/C6H8N2S/c1-2-8-4-6(5-9)3-7-8/h2-4,9H,1,5H2. The summed E-state index contributed by atoms with van der Waals surface area (Å²) < 4.78 is 1.66. The van der Waals surface area contributed by atoms with Gasteiger partial charge < -0.3 is 0 Å². The molecule has 0 aliphatic heterocycles. The molecule has 1 rings (SSSR count). The molecule has 1 heterocycles. The number of rotatable bonds is 2. The Bertz CT molecular complexity index is 205. The molecule has 0 unspecified atom stereocenters. The van der Waals surface area contributed by atoms with Gasteiger partial charge in [0.15, 0.2) is 0 Å². The quantitative estimate of drug-likeness (QED) is 0.615. The molecule has 2 nitrogen and oxygen atoms in total. The van der Waals surface area contributed by atoms with E-state index >= 15 is 0 Å². The molecule has 3 heteroatoms. The first-order valence-corrected chi connectivity index (χ1v) is 3.26. The molecule has 1 aromatic heterocycles. The smallest absolute Gasteiger partial charge is 0.0534 e. The van der Waals surface area contributed by atoms with Crippen molar-refractivity contribution < 1.29 is 0 Å². The zero-order valence-electron chi connectivity index (χ0n) is 4.99. The van der Waals surface area contributed by atoms with Gasteiger partial charge in [0.2, 0.25) is 0 Å². The van der Waals surface area contributed by atoms with Gasteiger partial charge in [0.1, 0.15) is 0 Å². The Morgan fingerprint density at radius 1 is 1.89 bits per heavy atom. The molecule has 0 atom stereocenters. The molecule has 0 aliphatic rings. The van der Waals surface area contributed by atoms with Crippen molar-refractivity contribution >= 4 is 18.8 Å². The van der Waals surface area contributed by atoms with Gasteiger partial charge in [-0.3, -0.25) is 0 Å². The molecule has 0 aliphatic carbocycles. The van der Waals surface area contributed by atoms with E-state index in [4.69, 9.17) is 0 Å². The van der Waals surface area contributed by atoms with Crippen LogP contribution in [0.15, 0.2) is 19.0 Å². The third kappa shape index (κ3) is 1.36. The third-order valence-corrected chi connectivity index (χ3v) is 1.39. The highest BCUT2D eigenvalue weighted by Gasteiger charge is 1.89. The normalized spacial score (nSPS) is 9.44. The van der Waals surface area contributed by atoms with E-state index in [1.165, 1.54) is 0 Å². The molecule has 0 N–H and O–H groups in total. The second-order valence-corrected chi connectivity index (χ2v) is 1.99. The summed E-state index contributed by atoms with van der Waals surface area (Å²) >= 11 is 4.07. The summed E-state index contributed by atoms with van der Waals surface area (Å²) in [5.41, 5.74) is 1.11. The fourth-order valence-corrected chi connectivity index (χ4v) is 0.722. The highest BCUT2D eigenvalue weighted by molar-refractivity contribution is 7.79. The van der Waals surface area contributed by atoms with Gasteiger partial charge in [-0.05, 0) is 0 Å². The maximum absolute atomic E-state index is 4.07. The second-order valence-electron chi connectivity index (χ2n) is 1.67. The minimum atomic E-state index is 0.730. The molecule has 48 valence electrons. The molecule has 0 fully saturated rings. The molecule has 0 bridgehead atoms. The topological polar surface area (TPSA) is 17.8 Å². The molecule has 9 heavy (non-hydrogen) atoms. The Kier molecular flexibility index (Phi) is 1.95. The van der Waals surface area contributed by atoms with E-state index in [9.17, 15) is 0 Å². The van der Waals surface area contributed by atoms with Crippen LogP contribution >= 0.6 is 12.6 Å².